The van der Waals surface area contributed by atoms with Crippen molar-refractivity contribution in [1.82, 2.24) is 9.97 Å². The molecule has 1 heterocycles. The molecular weight excluding hydrogens is 212 g/mol. The van der Waals surface area contributed by atoms with Crippen LogP contribution < -0.4 is 10.2 Å². The number of nitrogens with one attached hydrogen (secondary N) is 1. The van der Waals surface area contributed by atoms with Gasteiger partial charge in [0.2, 0.25) is 0 Å². The minimum atomic E-state index is 0.671. The van der Waals surface area contributed by atoms with Gasteiger partial charge in [0.15, 0.2) is 0 Å². The molecule has 1 aliphatic carbocycles. The van der Waals surface area contributed by atoms with Gasteiger partial charge in [-0.25, -0.2) is 9.97 Å². The van der Waals surface area contributed by atoms with E-state index in [1.54, 1.807) is 6.33 Å². The molecule has 94 valence electrons. The molecule has 1 aromatic rings. The zero-order valence-electron chi connectivity index (χ0n) is 11.0. The molecule has 0 amide bonds. The summed E-state index contributed by atoms with van der Waals surface area (Å²) in [4.78, 5) is 11.1. The Morgan fingerprint density at radius 3 is 2.65 bits per heavy atom. The summed E-state index contributed by atoms with van der Waals surface area (Å²) in [5.41, 5.74) is 1.24. The van der Waals surface area contributed by atoms with Gasteiger partial charge in [0.05, 0.1) is 0 Å². The Balaban J connectivity index is 2.28. The van der Waals surface area contributed by atoms with Crippen LogP contribution in [0.2, 0.25) is 0 Å². The zero-order valence-corrected chi connectivity index (χ0v) is 11.0. The topological polar surface area (TPSA) is 41.1 Å². The van der Waals surface area contributed by atoms with Gasteiger partial charge < -0.3 is 10.2 Å². The molecule has 1 fully saturated rings. The number of anilines is 2. The van der Waals surface area contributed by atoms with Gasteiger partial charge in [-0.1, -0.05) is 6.92 Å². The van der Waals surface area contributed by atoms with Gasteiger partial charge in [0.1, 0.15) is 18.0 Å². The molecule has 1 N–H and O–H groups in total. The minimum absolute atomic E-state index is 0.671. The van der Waals surface area contributed by atoms with E-state index in [9.17, 15) is 0 Å². The monoisotopic (exact) mass is 234 g/mol. The number of nitrogens with zero attached hydrogens (tertiary/aromatic N) is 3. The highest BCUT2D eigenvalue weighted by Crippen LogP contribution is 2.31. The van der Waals surface area contributed by atoms with E-state index < -0.39 is 0 Å². The summed E-state index contributed by atoms with van der Waals surface area (Å²) < 4.78 is 0. The van der Waals surface area contributed by atoms with Crippen molar-refractivity contribution in [3.05, 3.63) is 11.9 Å². The molecule has 0 bridgehead atoms. The van der Waals surface area contributed by atoms with Gasteiger partial charge >= 0.3 is 0 Å². The van der Waals surface area contributed by atoms with Crippen LogP contribution in [0.15, 0.2) is 6.33 Å². The summed E-state index contributed by atoms with van der Waals surface area (Å²) in [7, 11) is 2.15. The third-order valence-corrected chi connectivity index (χ3v) is 3.58. The van der Waals surface area contributed by atoms with Crippen LogP contribution in [-0.4, -0.2) is 29.6 Å². The van der Waals surface area contributed by atoms with E-state index >= 15 is 0 Å². The quantitative estimate of drug-likeness (QED) is 0.849. The number of aromatic nitrogens is 2. The van der Waals surface area contributed by atoms with Crippen LogP contribution in [0.5, 0.6) is 0 Å². The summed E-state index contributed by atoms with van der Waals surface area (Å²) in [5.74, 6) is 2.09. The van der Waals surface area contributed by atoms with Crippen LogP contribution in [0, 0.1) is 0 Å². The highest BCUT2D eigenvalue weighted by Gasteiger charge is 2.25. The summed E-state index contributed by atoms with van der Waals surface area (Å²) in [6.45, 7) is 5.16. The summed E-state index contributed by atoms with van der Waals surface area (Å²) >= 11 is 0. The molecule has 17 heavy (non-hydrogen) atoms. The largest absolute Gasteiger partial charge is 0.370 e. The first-order chi connectivity index (χ1) is 8.27. The van der Waals surface area contributed by atoms with Crippen LogP contribution in [0.25, 0.3) is 0 Å². The minimum Gasteiger partial charge on any atom is -0.370 e. The van der Waals surface area contributed by atoms with Gasteiger partial charge in [-0.05, 0) is 32.6 Å². The molecular formula is C13H22N4. The van der Waals surface area contributed by atoms with Crippen molar-refractivity contribution >= 4 is 11.6 Å². The molecule has 1 aliphatic rings. The fraction of sp³-hybridized carbons (Fsp3) is 0.692. The fourth-order valence-electron chi connectivity index (χ4n) is 2.30. The molecule has 4 heteroatoms. The van der Waals surface area contributed by atoms with Crippen molar-refractivity contribution in [1.29, 1.82) is 0 Å². The first-order valence-electron chi connectivity index (χ1n) is 6.58. The van der Waals surface area contributed by atoms with Crippen molar-refractivity contribution in [3.8, 4) is 0 Å². The average molecular weight is 234 g/mol. The van der Waals surface area contributed by atoms with E-state index in [0.29, 0.717) is 6.04 Å². The number of hydrogen-bond donors (Lipinski definition) is 1. The summed E-state index contributed by atoms with van der Waals surface area (Å²) in [6.07, 6.45) is 6.57. The van der Waals surface area contributed by atoms with E-state index in [0.717, 1.165) is 24.6 Å². The predicted octanol–water partition coefficient (Wildman–Crippen LogP) is 2.46. The smallest absolute Gasteiger partial charge is 0.137 e. The Morgan fingerprint density at radius 1 is 1.35 bits per heavy atom. The first-order valence-corrected chi connectivity index (χ1v) is 6.58. The molecule has 0 atom stereocenters. The Morgan fingerprint density at radius 2 is 2.12 bits per heavy atom. The van der Waals surface area contributed by atoms with Crippen molar-refractivity contribution < 1.29 is 0 Å². The maximum absolute atomic E-state index is 4.47. The standard InChI is InChI=1S/C13H22N4/c1-4-11-12(14-5-2)15-9-16-13(11)17(3)10-7-6-8-10/h9-10H,4-8H2,1-3H3,(H,14,15,16). The lowest BCUT2D eigenvalue weighted by Gasteiger charge is -2.36. The van der Waals surface area contributed by atoms with Crippen LogP contribution in [-0.2, 0) is 6.42 Å². The molecule has 0 aromatic carbocycles. The molecule has 0 radical (unpaired) electrons. The molecule has 0 unspecified atom stereocenters. The van der Waals surface area contributed by atoms with Crippen LogP contribution >= 0.6 is 0 Å². The van der Waals surface area contributed by atoms with Crippen LogP contribution in [0.4, 0.5) is 11.6 Å². The van der Waals surface area contributed by atoms with E-state index in [1.165, 1.54) is 24.8 Å². The predicted molar refractivity (Wildman–Crippen MR) is 71.6 cm³/mol. The highest BCUT2D eigenvalue weighted by molar-refractivity contribution is 5.59. The lowest BCUT2D eigenvalue weighted by Crippen LogP contribution is -2.38. The summed E-state index contributed by atoms with van der Waals surface area (Å²) in [6, 6.07) is 0.671. The van der Waals surface area contributed by atoms with Crippen molar-refractivity contribution in [2.24, 2.45) is 0 Å². The molecule has 0 spiro atoms. The third kappa shape index (κ3) is 2.35. The van der Waals surface area contributed by atoms with Crippen molar-refractivity contribution in [2.75, 3.05) is 23.8 Å². The molecule has 0 saturated heterocycles. The van der Waals surface area contributed by atoms with Gasteiger partial charge in [-0.15, -0.1) is 0 Å². The molecule has 2 rings (SSSR count). The van der Waals surface area contributed by atoms with Crippen LogP contribution in [0.1, 0.15) is 38.7 Å². The second kappa shape index (κ2) is 5.34. The Bertz CT molecular complexity index is 374. The van der Waals surface area contributed by atoms with E-state index in [-0.39, 0.29) is 0 Å². The second-order valence-corrected chi connectivity index (χ2v) is 4.60. The zero-order chi connectivity index (χ0) is 12.3. The lowest BCUT2D eigenvalue weighted by molar-refractivity contribution is 0.398. The molecule has 1 aromatic heterocycles. The van der Waals surface area contributed by atoms with E-state index in [1.807, 2.05) is 0 Å². The molecule has 0 aliphatic heterocycles. The summed E-state index contributed by atoms with van der Waals surface area (Å²) in [5, 5.41) is 3.32. The highest BCUT2D eigenvalue weighted by atomic mass is 15.2. The van der Waals surface area contributed by atoms with Gasteiger partial charge in [0.25, 0.3) is 0 Å². The van der Waals surface area contributed by atoms with Gasteiger partial charge in [-0.3, -0.25) is 0 Å². The molecule has 1 saturated carbocycles. The van der Waals surface area contributed by atoms with Gasteiger partial charge in [-0.2, -0.15) is 0 Å². The maximum atomic E-state index is 4.47. The Kier molecular flexibility index (Phi) is 3.82. The fourth-order valence-corrected chi connectivity index (χ4v) is 2.30. The normalized spacial score (nSPS) is 15.5. The third-order valence-electron chi connectivity index (χ3n) is 3.58. The Hall–Kier alpha value is -1.32. The van der Waals surface area contributed by atoms with Gasteiger partial charge in [0, 0.05) is 25.2 Å². The average Bonchev–Trinajstić information content (AvgIpc) is 2.26. The Labute approximate surface area is 103 Å². The lowest BCUT2D eigenvalue weighted by atomic mass is 9.91. The second-order valence-electron chi connectivity index (χ2n) is 4.60. The number of rotatable bonds is 5. The van der Waals surface area contributed by atoms with Crippen LogP contribution in [0.3, 0.4) is 0 Å². The maximum Gasteiger partial charge on any atom is 0.137 e. The first kappa shape index (κ1) is 12.1. The van der Waals surface area contributed by atoms with E-state index in [2.05, 4.69) is 41.1 Å². The number of hydrogen-bond acceptors (Lipinski definition) is 4. The van der Waals surface area contributed by atoms with Crippen molar-refractivity contribution in [3.63, 3.8) is 0 Å². The molecule has 4 nitrogen and oxygen atoms in total. The van der Waals surface area contributed by atoms with E-state index in [4.69, 9.17) is 0 Å². The van der Waals surface area contributed by atoms with Crippen molar-refractivity contribution in [2.45, 2.75) is 45.6 Å². The SMILES string of the molecule is CCNc1ncnc(N(C)C2CCC2)c1CC.